The highest BCUT2D eigenvalue weighted by Gasteiger charge is 2.11. The number of aliphatic hydroxyl groups excluding tert-OH is 1. The Labute approximate surface area is 200 Å². The van der Waals surface area contributed by atoms with Gasteiger partial charge in [0.1, 0.15) is 0 Å². The Morgan fingerprint density at radius 1 is 0.625 bits per heavy atom. The summed E-state index contributed by atoms with van der Waals surface area (Å²) in [5, 5.41) is 10.1. The molecule has 4 nitrogen and oxygen atoms in total. The van der Waals surface area contributed by atoms with Gasteiger partial charge in [0.2, 0.25) is 0 Å². The van der Waals surface area contributed by atoms with E-state index >= 15 is 0 Å². The van der Waals surface area contributed by atoms with Crippen LogP contribution >= 0.6 is 0 Å². The van der Waals surface area contributed by atoms with Crippen LogP contribution in [0.3, 0.4) is 0 Å². The van der Waals surface area contributed by atoms with Crippen molar-refractivity contribution in [1.82, 2.24) is 0 Å². The summed E-state index contributed by atoms with van der Waals surface area (Å²) in [4.78, 5) is 0. The number of hydrogen-bond acceptors (Lipinski definition) is 4. The second-order valence-corrected chi connectivity index (χ2v) is 9.36. The highest BCUT2D eigenvalue weighted by molar-refractivity contribution is 4.93. The molecule has 0 aromatic heterocycles. The van der Waals surface area contributed by atoms with E-state index < -0.39 is 6.10 Å². The average molecular weight is 456 g/mol. The highest BCUT2D eigenvalue weighted by atomic mass is 16.5. The first kappa shape index (κ1) is 31.6. The molecule has 0 fully saturated rings. The van der Waals surface area contributed by atoms with Gasteiger partial charge in [-0.05, 0) is 38.5 Å². The number of unbranched alkanes of at least 4 members (excludes halogenated alkanes) is 15. The summed E-state index contributed by atoms with van der Waals surface area (Å²) in [5.74, 6) is 0. The zero-order valence-corrected chi connectivity index (χ0v) is 21.7. The van der Waals surface area contributed by atoms with Crippen molar-refractivity contribution < 1.29 is 14.6 Å². The standard InChI is InChI=1S/C28H57NO3/c1-3-5-7-8-9-10-11-12-13-14-15-16-18-22-28(30)27(29)26-32-25-21-17-20-24-31-23-19-6-4-2/h18,22,27-28,30H,3-17,19-21,23-26,29H2,1-2H3. The van der Waals surface area contributed by atoms with E-state index in [-0.39, 0.29) is 6.04 Å². The van der Waals surface area contributed by atoms with E-state index in [2.05, 4.69) is 19.9 Å². The van der Waals surface area contributed by atoms with Crippen LogP contribution < -0.4 is 5.73 Å². The molecule has 0 saturated heterocycles. The summed E-state index contributed by atoms with van der Waals surface area (Å²) in [6, 6.07) is -0.342. The molecule has 0 aromatic carbocycles. The molecule has 0 radical (unpaired) electrons. The van der Waals surface area contributed by atoms with Gasteiger partial charge in [-0.3, -0.25) is 0 Å². The van der Waals surface area contributed by atoms with Crippen LogP contribution in [0.5, 0.6) is 0 Å². The van der Waals surface area contributed by atoms with Crippen LogP contribution in [0.15, 0.2) is 12.2 Å². The Morgan fingerprint density at radius 3 is 1.66 bits per heavy atom. The molecule has 0 aliphatic heterocycles. The monoisotopic (exact) mass is 455 g/mol. The van der Waals surface area contributed by atoms with Crippen LogP contribution in [0.4, 0.5) is 0 Å². The molecular weight excluding hydrogens is 398 g/mol. The van der Waals surface area contributed by atoms with Gasteiger partial charge >= 0.3 is 0 Å². The van der Waals surface area contributed by atoms with Crippen molar-refractivity contribution in [1.29, 1.82) is 0 Å². The van der Waals surface area contributed by atoms with Crippen molar-refractivity contribution in [2.75, 3.05) is 26.4 Å². The minimum atomic E-state index is -0.612. The van der Waals surface area contributed by atoms with Crippen LogP contribution in [0.2, 0.25) is 0 Å². The molecule has 0 spiro atoms. The van der Waals surface area contributed by atoms with Crippen LogP contribution in [-0.4, -0.2) is 43.7 Å². The largest absolute Gasteiger partial charge is 0.387 e. The van der Waals surface area contributed by atoms with E-state index in [1.165, 1.54) is 89.9 Å². The van der Waals surface area contributed by atoms with Gasteiger partial charge in [0.05, 0.1) is 18.8 Å². The van der Waals surface area contributed by atoms with Gasteiger partial charge in [-0.25, -0.2) is 0 Å². The average Bonchev–Trinajstić information content (AvgIpc) is 2.80. The predicted molar refractivity (Wildman–Crippen MR) is 139 cm³/mol. The highest BCUT2D eigenvalue weighted by Crippen LogP contribution is 2.12. The molecule has 0 aliphatic carbocycles. The molecule has 2 unspecified atom stereocenters. The lowest BCUT2D eigenvalue weighted by molar-refractivity contribution is 0.0760. The molecule has 0 heterocycles. The lowest BCUT2D eigenvalue weighted by atomic mass is 10.0. The van der Waals surface area contributed by atoms with Crippen molar-refractivity contribution in [2.45, 2.75) is 142 Å². The van der Waals surface area contributed by atoms with Gasteiger partial charge in [0.25, 0.3) is 0 Å². The molecule has 0 saturated carbocycles. The first-order valence-corrected chi connectivity index (χ1v) is 14.0. The van der Waals surface area contributed by atoms with Crippen molar-refractivity contribution in [3.63, 3.8) is 0 Å². The van der Waals surface area contributed by atoms with Crippen LogP contribution in [0.1, 0.15) is 129 Å². The van der Waals surface area contributed by atoms with E-state index in [0.29, 0.717) is 13.2 Å². The lowest BCUT2D eigenvalue weighted by Gasteiger charge is -2.16. The minimum Gasteiger partial charge on any atom is -0.387 e. The third kappa shape index (κ3) is 24.2. The number of rotatable bonds is 26. The molecule has 2 atom stereocenters. The summed E-state index contributed by atoms with van der Waals surface area (Å²) >= 11 is 0. The number of nitrogens with two attached hydrogens (primary N) is 1. The second-order valence-electron chi connectivity index (χ2n) is 9.36. The fraction of sp³-hybridized carbons (Fsp3) is 0.929. The molecule has 0 aliphatic rings. The minimum absolute atomic E-state index is 0.342. The molecule has 192 valence electrons. The maximum atomic E-state index is 10.1. The van der Waals surface area contributed by atoms with Crippen LogP contribution in [0.25, 0.3) is 0 Å². The molecule has 0 bridgehead atoms. The number of hydrogen-bond donors (Lipinski definition) is 2. The van der Waals surface area contributed by atoms with Gasteiger partial charge in [-0.15, -0.1) is 0 Å². The summed E-state index contributed by atoms with van der Waals surface area (Å²) in [6.07, 6.45) is 26.2. The maximum absolute atomic E-state index is 10.1. The van der Waals surface area contributed by atoms with E-state index in [4.69, 9.17) is 15.2 Å². The zero-order valence-electron chi connectivity index (χ0n) is 21.7. The van der Waals surface area contributed by atoms with E-state index in [9.17, 15) is 5.11 Å². The Kier molecular flexibility index (Phi) is 26.5. The van der Waals surface area contributed by atoms with Crippen molar-refractivity contribution in [3.8, 4) is 0 Å². The molecule has 0 amide bonds. The van der Waals surface area contributed by atoms with Crippen LogP contribution in [0, 0.1) is 0 Å². The van der Waals surface area contributed by atoms with Crippen molar-refractivity contribution in [3.05, 3.63) is 12.2 Å². The summed E-state index contributed by atoms with van der Waals surface area (Å²) < 4.78 is 11.2. The molecule has 3 N–H and O–H groups in total. The summed E-state index contributed by atoms with van der Waals surface area (Å²) in [7, 11) is 0. The van der Waals surface area contributed by atoms with Crippen molar-refractivity contribution >= 4 is 0 Å². The zero-order chi connectivity index (χ0) is 23.5. The predicted octanol–water partition coefficient (Wildman–Crippen LogP) is 7.33. The van der Waals surface area contributed by atoms with Gasteiger partial charge in [0, 0.05) is 19.8 Å². The van der Waals surface area contributed by atoms with Gasteiger partial charge in [-0.1, -0.05) is 103 Å². The number of aliphatic hydroxyl groups is 1. The number of ether oxygens (including phenoxy) is 2. The Bertz CT molecular complexity index is 376. The Morgan fingerprint density at radius 2 is 1.06 bits per heavy atom. The molecular formula is C28H57NO3. The van der Waals surface area contributed by atoms with Gasteiger partial charge in [0.15, 0.2) is 0 Å². The van der Waals surface area contributed by atoms with Gasteiger partial charge in [-0.2, -0.15) is 0 Å². The number of allylic oxidation sites excluding steroid dienone is 1. The molecule has 4 heteroatoms. The molecule has 0 aromatic rings. The Hall–Kier alpha value is -0.420. The fourth-order valence-electron chi connectivity index (χ4n) is 3.76. The first-order valence-electron chi connectivity index (χ1n) is 14.0. The first-order chi connectivity index (χ1) is 15.7. The molecule has 0 rings (SSSR count). The second kappa shape index (κ2) is 26.8. The molecule has 32 heavy (non-hydrogen) atoms. The van der Waals surface area contributed by atoms with E-state index in [1.54, 1.807) is 0 Å². The normalized spacial score (nSPS) is 13.8. The summed E-state index contributed by atoms with van der Waals surface area (Å²) in [5.41, 5.74) is 6.04. The van der Waals surface area contributed by atoms with E-state index in [1.807, 2.05) is 6.08 Å². The van der Waals surface area contributed by atoms with E-state index in [0.717, 1.165) is 38.9 Å². The topological polar surface area (TPSA) is 64.7 Å². The summed E-state index contributed by atoms with van der Waals surface area (Å²) in [6.45, 7) is 7.35. The smallest absolute Gasteiger partial charge is 0.0894 e. The van der Waals surface area contributed by atoms with Gasteiger partial charge < -0.3 is 20.3 Å². The maximum Gasteiger partial charge on any atom is 0.0894 e. The van der Waals surface area contributed by atoms with Crippen molar-refractivity contribution in [2.24, 2.45) is 5.73 Å². The third-order valence-corrected chi connectivity index (χ3v) is 6.03. The lowest BCUT2D eigenvalue weighted by Crippen LogP contribution is -2.37. The Balaban J connectivity index is 3.38. The van der Waals surface area contributed by atoms with Crippen LogP contribution in [-0.2, 0) is 9.47 Å². The third-order valence-electron chi connectivity index (χ3n) is 6.03. The quantitative estimate of drug-likeness (QED) is 0.106. The fourth-order valence-corrected chi connectivity index (χ4v) is 3.76. The SMILES string of the molecule is CCCCCCCCCCCCCC=CC(O)C(N)COCCCCCOCCCCC.